The fourth-order valence-corrected chi connectivity index (χ4v) is 1.56. The predicted molar refractivity (Wildman–Crippen MR) is 66.1 cm³/mol. The Bertz CT molecular complexity index is 138. The lowest BCUT2D eigenvalue weighted by Crippen LogP contribution is -2.39. The summed E-state index contributed by atoms with van der Waals surface area (Å²) in [6, 6.07) is 0. The molecule has 0 saturated carbocycles. The second-order valence-electron chi connectivity index (χ2n) is 4.44. The van der Waals surface area contributed by atoms with Crippen molar-refractivity contribution in [1.82, 2.24) is 10.2 Å². The Labute approximate surface area is 94.9 Å². The van der Waals surface area contributed by atoms with Gasteiger partial charge in [-0.05, 0) is 26.4 Å². The number of nitrogens with one attached hydrogen (secondary N) is 1. The minimum absolute atomic E-state index is 0.0881. The average Bonchev–Trinajstić information content (AvgIpc) is 2.30. The SMILES string of the molecule is CCN(C)CCNCC(CC)(CC)CO. The maximum atomic E-state index is 9.38. The third kappa shape index (κ3) is 5.50. The topological polar surface area (TPSA) is 35.5 Å². The Balaban J connectivity index is 3.72. The molecule has 2 N–H and O–H groups in total. The molecule has 0 heterocycles. The van der Waals surface area contributed by atoms with Gasteiger partial charge in [-0.2, -0.15) is 0 Å². The van der Waals surface area contributed by atoms with Gasteiger partial charge < -0.3 is 15.3 Å². The first-order valence-electron chi connectivity index (χ1n) is 6.14. The summed E-state index contributed by atoms with van der Waals surface area (Å²) in [6.45, 7) is 10.9. The summed E-state index contributed by atoms with van der Waals surface area (Å²) in [5, 5.41) is 12.8. The first-order valence-corrected chi connectivity index (χ1v) is 6.14. The second-order valence-corrected chi connectivity index (χ2v) is 4.44. The van der Waals surface area contributed by atoms with Crippen molar-refractivity contribution in [3.05, 3.63) is 0 Å². The van der Waals surface area contributed by atoms with Crippen molar-refractivity contribution < 1.29 is 5.11 Å². The third-order valence-electron chi connectivity index (χ3n) is 3.55. The summed E-state index contributed by atoms with van der Waals surface area (Å²) < 4.78 is 0. The molecule has 0 aromatic heterocycles. The molecule has 0 aliphatic rings. The van der Waals surface area contributed by atoms with E-state index in [1.165, 1.54) is 0 Å². The summed E-state index contributed by atoms with van der Waals surface area (Å²) >= 11 is 0. The lowest BCUT2D eigenvalue weighted by atomic mass is 9.83. The molecule has 0 fully saturated rings. The van der Waals surface area contributed by atoms with Crippen LogP contribution in [0.15, 0.2) is 0 Å². The highest BCUT2D eigenvalue weighted by Gasteiger charge is 2.24. The van der Waals surface area contributed by atoms with Crippen molar-refractivity contribution in [2.75, 3.05) is 39.8 Å². The highest BCUT2D eigenvalue weighted by Crippen LogP contribution is 2.24. The Morgan fingerprint density at radius 3 is 2.20 bits per heavy atom. The maximum Gasteiger partial charge on any atom is 0.0499 e. The molecule has 0 rings (SSSR count). The fraction of sp³-hybridized carbons (Fsp3) is 1.00. The Hall–Kier alpha value is -0.120. The van der Waals surface area contributed by atoms with Crippen molar-refractivity contribution in [2.24, 2.45) is 5.41 Å². The van der Waals surface area contributed by atoms with Crippen molar-refractivity contribution >= 4 is 0 Å². The van der Waals surface area contributed by atoms with Crippen molar-refractivity contribution in [3.63, 3.8) is 0 Å². The molecule has 0 unspecified atom stereocenters. The quantitative estimate of drug-likeness (QED) is 0.571. The van der Waals surface area contributed by atoms with E-state index >= 15 is 0 Å². The van der Waals surface area contributed by atoms with E-state index in [1.807, 2.05) is 0 Å². The zero-order chi connectivity index (χ0) is 11.7. The van der Waals surface area contributed by atoms with Crippen LogP contribution in [0.1, 0.15) is 33.6 Å². The van der Waals surface area contributed by atoms with Crippen LogP contribution in [0, 0.1) is 5.41 Å². The zero-order valence-electron chi connectivity index (χ0n) is 10.8. The Morgan fingerprint density at radius 1 is 1.20 bits per heavy atom. The van der Waals surface area contributed by atoms with Crippen LogP contribution < -0.4 is 5.32 Å². The van der Waals surface area contributed by atoms with E-state index in [-0.39, 0.29) is 12.0 Å². The summed E-state index contributed by atoms with van der Waals surface area (Å²) in [6.07, 6.45) is 2.08. The van der Waals surface area contributed by atoms with Gasteiger partial charge >= 0.3 is 0 Å². The van der Waals surface area contributed by atoms with Crippen LogP contribution in [0.3, 0.4) is 0 Å². The lowest BCUT2D eigenvalue weighted by Gasteiger charge is -2.30. The van der Waals surface area contributed by atoms with E-state index in [9.17, 15) is 5.11 Å². The van der Waals surface area contributed by atoms with E-state index in [0.717, 1.165) is 39.0 Å². The molecule has 3 nitrogen and oxygen atoms in total. The van der Waals surface area contributed by atoms with Crippen LogP contribution in [0.25, 0.3) is 0 Å². The summed E-state index contributed by atoms with van der Waals surface area (Å²) in [7, 11) is 2.13. The number of hydrogen-bond donors (Lipinski definition) is 2. The van der Waals surface area contributed by atoms with Crippen LogP contribution in [0.5, 0.6) is 0 Å². The minimum atomic E-state index is 0.0881. The Morgan fingerprint density at radius 2 is 1.80 bits per heavy atom. The predicted octanol–water partition coefficient (Wildman–Crippen LogP) is 1.33. The highest BCUT2D eigenvalue weighted by molar-refractivity contribution is 4.78. The molecular weight excluding hydrogens is 188 g/mol. The van der Waals surface area contributed by atoms with Gasteiger partial charge in [-0.3, -0.25) is 0 Å². The van der Waals surface area contributed by atoms with Gasteiger partial charge in [0.2, 0.25) is 0 Å². The van der Waals surface area contributed by atoms with Gasteiger partial charge in [0.25, 0.3) is 0 Å². The van der Waals surface area contributed by atoms with Gasteiger partial charge in [-0.15, -0.1) is 0 Å². The molecule has 0 radical (unpaired) electrons. The number of aliphatic hydroxyl groups is 1. The Kier molecular flexibility index (Phi) is 8.02. The number of likely N-dealkylation sites (N-methyl/N-ethyl adjacent to an activating group) is 1. The first-order chi connectivity index (χ1) is 7.14. The normalized spacial score (nSPS) is 12.4. The van der Waals surface area contributed by atoms with E-state index in [2.05, 4.69) is 38.0 Å². The molecule has 92 valence electrons. The highest BCUT2D eigenvalue weighted by atomic mass is 16.3. The molecule has 0 bridgehead atoms. The number of aliphatic hydroxyl groups excluding tert-OH is 1. The molecule has 0 aromatic carbocycles. The smallest absolute Gasteiger partial charge is 0.0499 e. The molecule has 0 saturated heterocycles. The van der Waals surface area contributed by atoms with Crippen LogP contribution in [-0.4, -0.2) is 49.8 Å². The molecule has 0 aliphatic carbocycles. The molecule has 0 aliphatic heterocycles. The first kappa shape index (κ1) is 14.9. The number of nitrogens with zero attached hydrogens (tertiary/aromatic N) is 1. The van der Waals surface area contributed by atoms with E-state index < -0.39 is 0 Å². The molecule has 3 heteroatoms. The van der Waals surface area contributed by atoms with Gasteiger partial charge in [0.05, 0.1) is 0 Å². The second kappa shape index (κ2) is 8.08. The van der Waals surface area contributed by atoms with Gasteiger partial charge in [0, 0.05) is 31.7 Å². The average molecular weight is 216 g/mol. The summed E-state index contributed by atoms with van der Waals surface area (Å²) in [4.78, 5) is 2.28. The fourth-order valence-electron chi connectivity index (χ4n) is 1.56. The third-order valence-corrected chi connectivity index (χ3v) is 3.55. The van der Waals surface area contributed by atoms with Crippen LogP contribution >= 0.6 is 0 Å². The molecule has 0 spiro atoms. The van der Waals surface area contributed by atoms with Crippen LogP contribution in [0.2, 0.25) is 0 Å². The summed E-state index contributed by atoms with van der Waals surface area (Å²) in [5.74, 6) is 0. The van der Waals surface area contributed by atoms with Crippen molar-refractivity contribution in [3.8, 4) is 0 Å². The van der Waals surface area contributed by atoms with Gasteiger partial charge in [-0.25, -0.2) is 0 Å². The van der Waals surface area contributed by atoms with E-state index in [0.29, 0.717) is 0 Å². The van der Waals surface area contributed by atoms with Gasteiger partial charge in [0.15, 0.2) is 0 Å². The van der Waals surface area contributed by atoms with Crippen LogP contribution in [0.4, 0.5) is 0 Å². The molecule has 0 atom stereocenters. The largest absolute Gasteiger partial charge is 0.396 e. The van der Waals surface area contributed by atoms with Gasteiger partial charge in [-0.1, -0.05) is 20.8 Å². The van der Waals surface area contributed by atoms with Crippen molar-refractivity contribution in [2.45, 2.75) is 33.6 Å². The lowest BCUT2D eigenvalue weighted by molar-refractivity contribution is 0.112. The maximum absolute atomic E-state index is 9.38. The molecular formula is C12H28N2O. The minimum Gasteiger partial charge on any atom is -0.396 e. The standard InChI is InChI=1S/C12H28N2O/c1-5-12(6-2,11-15)10-13-8-9-14(4)7-3/h13,15H,5-11H2,1-4H3. The molecule has 15 heavy (non-hydrogen) atoms. The number of rotatable bonds is 9. The van der Waals surface area contributed by atoms with Crippen LogP contribution in [-0.2, 0) is 0 Å². The van der Waals surface area contributed by atoms with E-state index in [4.69, 9.17) is 0 Å². The molecule has 0 amide bonds. The monoisotopic (exact) mass is 216 g/mol. The van der Waals surface area contributed by atoms with E-state index in [1.54, 1.807) is 0 Å². The summed E-state index contributed by atoms with van der Waals surface area (Å²) in [5.41, 5.74) is 0.0881. The molecule has 0 aromatic rings. The van der Waals surface area contributed by atoms with Crippen molar-refractivity contribution in [1.29, 1.82) is 0 Å². The zero-order valence-corrected chi connectivity index (χ0v) is 10.8. The number of hydrogen-bond acceptors (Lipinski definition) is 3. The van der Waals surface area contributed by atoms with Gasteiger partial charge in [0.1, 0.15) is 0 Å².